The number of ether oxygens (including phenoxy) is 4. The van der Waals surface area contributed by atoms with E-state index in [1.165, 1.54) is 19.1 Å². The van der Waals surface area contributed by atoms with Crippen LogP contribution in [-0.4, -0.2) is 116 Å². The standard InChI is InChI=1S/C20H29NO12/c1-8(24)21-9-2-4-10(5-3-9)30-19-17(29)15(27)18(12(7-23)32-19)33-20-16(28)14(26)13(25)11(6-22)31-20/h2-5,11-20,22-23,25-29H,6-7H2,1H3,(H,21,24)/t11?,12?,13-,14?,15?,16?,17?,18-,19+,20-/m1/s1. The molecule has 13 nitrogen and oxygen atoms in total. The molecule has 2 saturated heterocycles. The van der Waals surface area contributed by atoms with E-state index in [0.717, 1.165) is 0 Å². The van der Waals surface area contributed by atoms with Gasteiger partial charge in [0.25, 0.3) is 0 Å². The highest BCUT2D eigenvalue weighted by Gasteiger charge is 2.51. The highest BCUT2D eigenvalue weighted by molar-refractivity contribution is 5.88. The van der Waals surface area contributed by atoms with Gasteiger partial charge in [-0.1, -0.05) is 0 Å². The van der Waals surface area contributed by atoms with Crippen LogP contribution in [0.4, 0.5) is 5.69 Å². The Morgan fingerprint density at radius 1 is 0.848 bits per heavy atom. The molecule has 8 N–H and O–H groups in total. The van der Waals surface area contributed by atoms with Gasteiger partial charge >= 0.3 is 0 Å². The van der Waals surface area contributed by atoms with Gasteiger partial charge in [0, 0.05) is 12.6 Å². The van der Waals surface area contributed by atoms with Crippen LogP contribution in [0.15, 0.2) is 24.3 Å². The molecule has 0 radical (unpaired) electrons. The van der Waals surface area contributed by atoms with Crippen LogP contribution in [0.3, 0.4) is 0 Å². The molecule has 10 atom stereocenters. The van der Waals surface area contributed by atoms with E-state index < -0.39 is 74.6 Å². The number of carbonyl (C=O) groups excluding carboxylic acids is 1. The number of aliphatic hydroxyl groups excluding tert-OH is 7. The quantitative estimate of drug-likeness (QED) is 0.195. The fourth-order valence-electron chi connectivity index (χ4n) is 3.61. The van der Waals surface area contributed by atoms with Crippen molar-refractivity contribution in [3.63, 3.8) is 0 Å². The maximum absolute atomic E-state index is 11.1. The first kappa shape index (κ1) is 25.7. The van der Waals surface area contributed by atoms with Crippen molar-refractivity contribution >= 4 is 11.6 Å². The average Bonchev–Trinajstić information content (AvgIpc) is 2.79. The van der Waals surface area contributed by atoms with Gasteiger partial charge in [-0.3, -0.25) is 4.79 Å². The molecule has 2 heterocycles. The maximum atomic E-state index is 11.1. The van der Waals surface area contributed by atoms with E-state index >= 15 is 0 Å². The van der Waals surface area contributed by atoms with Crippen molar-refractivity contribution < 1.29 is 59.5 Å². The third kappa shape index (κ3) is 5.78. The van der Waals surface area contributed by atoms with Crippen molar-refractivity contribution in [2.45, 2.75) is 68.3 Å². The molecule has 13 heteroatoms. The van der Waals surface area contributed by atoms with Gasteiger partial charge in [-0.2, -0.15) is 0 Å². The van der Waals surface area contributed by atoms with E-state index in [4.69, 9.17) is 18.9 Å². The summed E-state index contributed by atoms with van der Waals surface area (Å²) in [5.74, 6) is -0.0144. The number of rotatable bonds is 7. The molecule has 6 unspecified atom stereocenters. The first-order valence-corrected chi connectivity index (χ1v) is 10.3. The Morgan fingerprint density at radius 3 is 2.00 bits per heavy atom. The summed E-state index contributed by atoms with van der Waals surface area (Å²) in [6, 6.07) is 6.10. The van der Waals surface area contributed by atoms with Gasteiger partial charge in [0.05, 0.1) is 13.2 Å². The number of benzene rings is 1. The predicted octanol–water partition coefficient (Wildman–Crippen LogP) is -3.35. The minimum absolute atomic E-state index is 0.241. The molecule has 33 heavy (non-hydrogen) atoms. The fraction of sp³-hybridized carbons (Fsp3) is 0.650. The third-order valence-corrected chi connectivity index (χ3v) is 5.39. The number of anilines is 1. The average molecular weight is 475 g/mol. The normalized spacial score (nSPS) is 39.2. The summed E-state index contributed by atoms with van der Waals surface area (Å²) in [7, 11) is 0. The first-order chi connectivity index (χ1) is 15.7. The molecule has 0 spiro atoms. The summed E-state index contributed by atoms with van der Waals surface area (Å²) in [6.45, 7) is 0.000118. The van der Waals surface area contributed by atoms with Crippen molar-refractivity contribution in [3.05, 3.63) is 24.3 Å². The Bertz CT molecular complexity index is 775. The zero-order chi connectivity index (χ0) is 24.3. The van der Waals surface area contributed by atoms with Crippen LogP contribution in [-0.2, 0) is 19.0 Å². The third-order valence-electron chi connectivity index (χ3n) is 5.39. The van der Waals surface area contributed by atoms with E-state index in [1.807, 2.05) is 0 Å². The van der Waals surface area contributed by atoms with Crippen molar-refractivity contribution in [2.24, 2.45) is 0 Å². The second-order valence-electron chi connectivity index (χ2n) is 7.83. The molecule has 2 fully saturated rings. The van der Waals surface area contributed by atoms with Crippen LogP contribution in [0.1, 0.15) is 6.92 Å². The lowest BCUT2D eigenvalue weighted by Gasteiger charge is -2.45. The van der Waals surface area contributed by atoms with Crippen molar-refractivity contribution in [2.75, 3.05) is 18.5 Å². The van der Waals surface area contributed by atoms with Crippen LogP contribution in [0.25, 0.3) is 0 Å². The molecule has 0 saturated carbocycles. The SMILES string of the molecule is CC(=O)Nc1ccc(O[C@H]2OC(CO)[C@@H](O[C@H]3OC(CO)[C@@H](O)C(O)C3O)C(O)C2O)cc1. The van der Waals surface area contributed by atoms with Gasteiger partial charge in [-0.15, -0.1) is 0 Å². The Morgan fingerprint density at radius 2 is 1.42 bits per heavy atom. The number of carbonyl (C=O) groups is 1. The summed E-state index contributed by atoms with van der Waals surface area (Å²) in [4.78, 5) is 11.1. The molecule has 2 aliphatic heterocycles. The van der Waals surface area contributed by atoms with Gasteiger partial charge in [-0.05, 0) is 24.3 Å². The largest absolute Gasteiger partial charge is 0.462 e. The minimum Gasteiger partial charge on any atom is -0.462 e. The summed E-state index contributed by atoms with van der Waals surface area (Å²) in [6.07, 6.45) is -15.3. The second kappa shape index (κ2) is 11.0. The molecular weight excluding hydrogens is 446 g/mol. The molecule has 3 rings (SSSR count). The highest BCUT2D eigenvalue weighted by Crippen LogP contribution is 2.30. The Labute approximate surface area is 188 Å². The van der Waals surface area contributed by atoms with E-state index in [0.29, 0.717) is 5.69 Å². The summed E-state index contributed by atoms with van der Waals surface area (Å²) >= 11 is 0. The molecule has 1 aromatic carbocycles. The zero-order valence-electron chi connectivity index (χ0n) is 17.7. The van der Waals surface area contributed by atoms with Crippen LogP contribution >= 0.6 is 0 Å². The van der Waals surface area contributed by atoms with Gasteiger partial charge in [0.2, 0.25) is 12.2 Å². The van der Waals surface area contributed by atoms with Gasteiger partial charge in [0.15, 0.2) is 6.29 Å². The van der Waals surface area contributed by atoms with E-state index in [9.17, 15) is 40.5 Å². The molecule has 0 bridgehead atoms. The van der Waals surface area contributed by atoms with E-state index in [-0.39, 0.29) is 11.7 Å². The number of aliphatic hydroxyl groups is 7. The van der Waals surface area contributed by atoms with Crippen LogP contribution in [0.5, 0.6) is 5.75 Å². The Balaban J connectivity index is 1.68. The van der Waals surface area contributed by atoms with Crippen molar-refractivity contribution in [1.82, 2.24) is 0 Å². The summed E-state index contributed by atoms with van der Waals surface area (Å²) in [5, 5.41) is 72.6. The van der Waals surface area contributed by atoms with Gasteiger partial charge in [0.1, 0.15) is 54.6 Å². The molecule has 186 valence electrons. The summed E-state index contributed by atoms with van der Waals surface area (Å²) < 4.78 is 21.8. The second-order valence-corrected chi connectivity index (χ2v) is 7.83. The Hall–Kier alpha value is -1.91. The lowest BCUT2D eigenvalue weighted by molar-refractivity contribution is -0.352. The van der Waals surface area contributed by atoms with E-state index in [2.05, 4.69) is 5.32 Å². The lowest BCUT2D eigenvalue weighted by Crippen LogP contribution is -2.65. The molecule has 1 amide bonds. The molecule has 1 aromatic rings. The minimum atomic E-state index is -1.75. The van der Waals surface area contributed by atoms with Crippen LogP contribution in [0, 0.1) is 0 Å². The zero-order valence-corrected chi connectivity index (χ0v) is 17.7. The molecule has 0 aliphatic carbocycles. The van der Waals surface area contributed by atoms with Crippen molar-refractivity contribution in [3.8, 4) is 5.75 Å². The highest BCUT2D eigenvalue weighted by atomic mass is 16.7. The lowest BCUT2D eigenvalue weighted by atomic mass is 9.97. The molecule has 2 aliphatic rings. The van der Waals surface area contributed by atoms with Crippen LogP contribution < -0.4 is 10.1 Å². The number of hydrogen-bond acceptors (Lipinski definition) is 12. The molecular formula is C20H29NO12. The van der Waals surface area contributed by atoms with Crippen LogP contribution in [0.2, 0.25) is 0 Å². The predicted molar refractivity (Wildman–Crippen MR) is 108 cm³/mol. The Kier molecular flexibility index (Phi) is 8.58. The first-order valence-electron chi connectivity index (χ1n) is 10.3. The fourth-order valence-corrected chi connectivity index (χ4v) is 3.61. The maximum Gasteiger partial charge on any atom is 0.229 e. The number of nitrogens with one attached hydrogen (secondary N) is 1. The molecule has 0 aromatic heterocycles. The summed E-state index contributed by atoms with van der Waals surface area (Å²) in [5.41, 5.74) is 0.515. The smallest absolute Gasteiger partial charge is 0.229 e. The topological polar surface area (TPSA) is 208 Å². The van der Waals surface area contributed by atoms with E-state index in [1.54, 1.807) is 12.1 Å². The number of hydrogen-bond donors (Lipinski definition) is 8. The van der Waals surface area contributed by atoms with Gasteiger partial charge < -0.3 is 60.0 Å². The van der Waals surface area contributed by atoms with Gasteiger partial charge in [-0.25, -0.2) is 0 Å². The monoisotopic (exact) mass is 475 g/mol. The number of amides is 1. The van der Waals surface area contributed by atoms with Crippen molar-refractivity contribution in [1.29, 1.82) is 0 Å².